The number of likely N-dealkylation sites (tertiary alicyclic amines) is 2. The Bertz CT molecular complexity index is 600. The first-order valence-electron chi connectivity index (χ1n) is 9.19. The van der Waals surface area contributed by atoms with Crippen LogP contribution in [0.3, 0.4) is 0 Å². The SMILES string of the molecule is COc1ccc(C)c(NC(=O)N2CCC(N3CCCC(O)C3)CC2)c1. The van der Waals surface area contributed by atoms with E-state index < -0.39 is 0 Å². The molecule has 6 nitrogen and oxygen atoms in total. The maximum absolute atomic E-state index is 12.6. The molecule has 0 radical (unpaired) electrons. The minimum absolute atomic E-state index is 0.0477. The number of nitrogens with zero attached hydrogens (tertiary/aromatic N) is 2. The van der Waals surface area contributed by atoms with E-state index >= 15 is 0 Å². The van der Waals surface area contributed by atoms with Crippen LogP contribution < -0.4 is 10.1 Å². The van der Waals surface area contributed by atoms with E-state index in [1.54, 1.807) is 7.11 Å². The molecule has 2 saturated heterocycles. The number of hydrogen-bond acceptors (Lipinski definition) is 4. The average Bonchev–Trinajstić information content (AvgIpc) is 2.63. The molecule has 0 spiro atoms. The molecule has 2 aliphatic heterocycles. The number of amides is 2. The van der Waals surface area contributed by atoms with E-state index in [1.807, 2.05) is 30.0 Å². The third-order valence-electron chi connectivity index (χ3n) is 5.38. The second kappa shape index (κ2) is 8.06. The topological polar surface area (TPSA) is 65.0 Å². The largest absolute Gasteiger partial charge is 0.497 e. The summed E-state index contributed by atoms with van der Waals surface area (Å²) in [4.78, 5) is 16.9. The molecule has 25 heavy (non-hydrogen) atoms. The minimum Gasteiger partial charge on any atom is -0.497 e. The highest BCUT2D eigenvalue weighted by molar-refractivity contribution is 5.90. The number of nitrogens with one attached hydrogen (secondary N) is 1. The van der Waals surface area contributed by atoms with E-state index in [-0.39, 0.29) is 12.1 Å². The van der Waals surface area contributed by atoms with Gasteiger partial charge in [-0.2, -0.15) is 0 Å². The number of aliphatic hydroxyl groups excluding tert-OH is 1. The lowest BCUT2D eigenvalue weighted by atomic mass is 9.99. The highest BCUT2D eigenvalue weighted by Gasteiger charge is 2.29. The minimum atomic E-state index is -0.189. The van der Waals surface area contributed by atoms with E-state index in [2.05, 4.69) is 10.2 Å². The number of piperidine rings is 2. The molecule has 0 aliphatic carbocycles. The number of carbonyl (C=O) groups is 1. The first kappa shape index (κ1) is 18.0. The predicted molar refractivity (Wildman–Crippen MR) is 98.2 cm³/mol. The normalized spacial score (nSPS) is 22.7. The molecule has 2 heterocycles. The lowest BCUT2D eigenvalue weighted by molar-refractivity contribution is 0.0298. The van der Waals surface area contributed by atoms with Crippen LogP contribution in [0.25, 0.3) is 0 Å². The Morgan fingerprint density at radius 3 is 2.68 bits per heavy atom. The van der Waals surface area contributed by atoms with Crippen molar-refractivity contribution in [3.05, 3.63) is 23.8 Å². The fourth-order valence-corrected chi connectivity index (χ4v) is 3.81. The van der Waals surface area contributed by atoms with Crippen LogP contribution in [-0.4, -0.2) is 66.4 Å². The molecular weight excluding hydrogens is 318 g/mol. The molecule has 138 valence electrons. The van der Waals surface area contributed by atoms with Gasteiger partial charge in [0.1, 0.15) is 5.75 Å². The predicted octanol–water partition coefficient (Wildman–Crippen LogP) is 2.46. The van der Waals surface area contributed by atoms with E-state index in [4.69, 9.17) is 4.74 Å². The van der Waals surface area contributed by atoms with Crippen LogP contribution in [0, 0.1) is 6.92 Å². The monoisotopic (exact) mass is 347 g/mol. The Balaban J connectivity index is 1.53. The number of aryl methyl sites for hydroxylation is 1. The Morgan fingerprint density at radius 2 is 2.00 bits per heavy atom. The van der Waals surface area contributed by atoms with Crippen molar-refractivity contribution in [2.45, 2.75) is 44.8 Å². The van der Waals surface area contributed by atoms with Crippen molar-refractivity contribution in [2.75, 3.05) is 38.6 Å². The number of methoxy groups -OCH3 is 1. The number of hydrogen-bond donors (Lipinski definition) is 2. The number of β-amino-alcohol motifs (C(OH)–C–C–N with tert-alkyl or cyclic N) is 1. The van der Waals surface area contributed by atoms with Crippen molar-refractivity contribution >= 4 is 11.7 Å². The number of carbonyl (C=O) groups excluding carboxylic acids is 1. The molecule has 0 saturated carbocycles. The molecule has 1 atom stereocenters. The zero-order valence-electron chi connectivity index (χ0n) is 15.2. The molecule has 1 unspecified atom stereocenters. The lowest BCUT2D eigenvalue weighted by Gasteiger charge is -2.41. The molecule has 2 aliphatic rings. The number of ether oxygens (including phenoxy) is 1. The van der Waals surface area contributed by atoms with E-state index in [9.17, 15) is 9.90 Å². The van der Waals surface area contributed by atoms with E-state index in [0.717, 1.165) is 68.9 Å². The van der Waals surface area contributed by atoms with Crippen LogP contribution in [0.15, 0.2) is 18.2 Å². The van der Waals surface area contributed by atoms with Gasteiger partial charge in [0.05, 0.1) is 13.2 Å². The molecule has 6 heteroatoms. The number of aliphatic hydroxyl groups is 1. The first-order chi connectivity index (χ1) is 12.1. The Morgan fingerprint density at radius 1 is 1.24 bits per heavy atom. The van der Waals surface area contributed by atoms with Crippen molar-refractivity contribution in [3.63, 3.8) is 0 Å². The van der Waals surface area contributed by atoms with Crippen molar-refractivity contribution in [2.24, 2.45) is 0 Å². The van der Waals surface area contributed by atoms with E-state index in [0.29, 0.717) is 6.04 Å². The van der Waals surface area contributed by atoms with Crippen LogP contribution in [0.4, 0.5) is 10.5 Å². The standard InChI is InChI=1S/C19H29N3O3/c1-14-5-6-17(25-2)12-18(14)20-19(24)21-10-7-15(8-11-21)22-9-3-4-16(23)13-22/h5-6,12,15-16,23H,3-4,7-11,13H2,1-2H3,(H,20,24). The van der Waals surface area contributed by atoms with Crippen LogP contribution in [-0.2, 0) is 0 Å². The number of benzene rings is 1. The molecule has 2 amide bonds. The Labute approximate surface area is 149 Å². The second-order valence-corrected chi connectivity index (χ2v) is 7.12. The van der Waals surface area contributed by atoms with Crippen molar-refractivity contribution < 1.29 is 14.6 Å². The van der Waals surface area contributed by atoms with Gasteiger partial charge in [-0.3, -0.25) is 4.90 Å². The maximum Gasteiger partial charge on any atom is 0.321 e. The van der Waals surface area contributed by atoms with Crippen LogP contribution in [0.2, 0.25) is 0 Å². The molecule has 0 bridgehead atoms. The van der Waals surface area contributed by atoms with Crippen LogP contribution in [0.1, 0.15) is 31.2 Å². The Hall–Kier alpha value is -1.79. The molecule has 2 fully saturated rings. The van der Waals surface area contributed by atoms with Gasteiger partial charge in [-0.15, -0.1) is 0 Å². The van der Waals surface area contributed by atoms with Gasteiger partial charge in [-0.25, -0.2) is 4.79 Å². The summed E-state index contributed by atoms with van der Waals surface area (Å²) in [5.41, 5.74) is 1.82. The maximum atomic E-state index is 12.6. The molecule has 2 N–H and O–H groups in total. The third-order valence-corrected chi connectivity index (χ3v) is 5.38. The highest BCUT2D eigenvalue weighted by atomic mass is 16.5. The summed E-state index contributed by atoms with van der Waals surface area (Å²) in [6, 6.07) is 6.13. The fourth-order valence-electron chi connectivity index (χ4n) is 3.81. The van der Waals surface area contributed by atoms with Crippen molar-refractivity contribution in [1.29, 1.82) is 0 Å². The molecular formula is C19H29N3O3. The van der Waals surface area contributed by atoms with Gasteiger partial charge in [0, 0.05) is 37.4 Å². The molecule has 0 aromatic heterocycles. The number of anilines is 1. The zero-order valence-corrected chi connectivity index (χ0v) is 15.2. The first-order valence-corrected chi connectivity index (χ1v) is 9.19. The van der Waals surface area contributed by atoms with Gasteiger partial charge in [0.25, 0.3) is 0 Å². The summed E-state index contributed by atoms with van der Waals surface area (Å²) >= 11 is 0. The number of rotatable bonds is 3. The quantitative estimate of drug-likeness (QED) is 0.882. The van der Waals surface area contributed by atoms with Gasteiger partial charge < -0.3 is 20.1 Å². The summed E-state index contributed by atoms with van der Waals surface area (Å²) in [6.45, 7) is 5.33. The summed E-state index contributed by atoms with van der Waals surface area (Å²) in [7, 11) is 1.62. The van der Waals surface area contributed by atoms with Crippen LogP contribution in [0.5, 0.6) is 5.75 Å². The molecule has 3 rings (SSSR count). The van der Waals surface area contributed by atoms with Gasteiger partial charge in [0.15, 0.2) is 0 Å². The van der Waals surface area contributed by atoms with Gasteiger partial charge in [-0.05, 0) is 50.8 Å². The zero-order chi connectivity index (χ0) is 17.8. The Kier molecular flexibility index (Phi) is 5.81. The summed E-state index contributed by atoms with van der Waals surface area (Å²) in [5, 5.41) is 12.9. The fraction of sp³-hybridized carbons (Fsp3) is 0.632. The second-order valence-electron chi connectivity index (χ2n) is 7.12. The highest BCUT2D eigenvalue weighted by Crippen LogP contribution is 2.24. The van der Waals surface area contributed by atoms with E-state index in [1.165, 1.54) is 0 Å². The summed E-state index contributed by atoms with van der Waals surface area (Å²) in [6.07, 6.45) is 3.73. The van der Waals surface area contributed by atoms with Gasteiger partial charge in [-0.1, -0.05) is 6.07 Å². The third kappa shape index (κ3) is 4.44. The van der Waals surface area contributed by atoms with Crippen molar-refractivity contribution in [1.82, 2.24) is 9.80 Å². The average molecular weight is 347 g/mol. The summed E-state index contributed by atoms with van der Waals surface area (Å²) < 4.78 is 5.24. The van der Waals surface area contributed by atoms with Gasteiger partial charge in [0.2, 0.25) is 0 Å². The van der Waals surface area contributed by atoms with Gasteiger partial charge >= 0.3 is 6.03 Å². The molecule has 1 aromatic carbocycles. The van der Waals surface area contributed by atoms with Crippen LogP contribution >= 0.6 is 0 Å². The summed E-state index contributed by atoms with van der Waals surface area (Å²) in [5.74, 6) is 0.739. The smallest absolute Gasteiger partial charge is 0.321 e. The number of urea groups is 1. The molecule has 1 aromatic rings. The van der Waals surface area contributed by atoms with Crippen molar-refractivity contribution in [3.8, 4) is 5.75 Å². The lowest BCUT2D eigenvalue weighted by Crippen LogP contribution is -2.51.